The van der Waals surface area contributed by atoms with Crippen molar-refractivity contribution in [3.05, 3.63) is 34.9 Å². The van der Waals surface area contributed by atoms with E-state index in [4.69, 9.17) is 11.6 Å². The van der Waals surface area contributed by atoms with Gasteiger partial charge in [0.2, 0.25) is 0 Å². The van der Waals surface area contributed by atoms with E-state index >= 15 is 0 Å². The first-order chi connectivity index (χ1) is 7.14. The first kappa shape index (κ1) is 11.0. The van der Waals surface area contributed by atoms with Crippen molar-refractivity contribution in [1.82, 2.24) is 0 Å². The zero-order chi connectivity index (χ0) is 10.9. The fourth-order valence-corrected chi connectivity index (χ4v) is 2.70. The van der Waals surface area contributed by atoms with E-state index in [0.29, 0.717) is 10.9 Å². The molecule has 0 saturated heterocycles. The van der Waals surface area contributed by atoms with E-state index in [1.165, 1.54) is 0 Å². The molecule has 1 saturated carbocycles. The van der Waals surface area contributed by atoms with E-state index in [0.717, 1.165) is 31.2 Å². The van der Waals surface area contributed by atoms with Gasteiger partial charge in [-0.3, -0.25) is 0 Å². The van der Waals surface area contributed by atoms with Gasteiger partial charge >= 0.3 is 0 Å². The Labute approximate surface area is 96.1 Å². The zero-order valence-electron chi connectivity index (χ0n) is 9.04. The van der Waals surface area contributed by atoms with Crippen molar-refractivity contribution >= 4 is 11.6 Å². The van der Waals surface area contributed by atoms with Crippen LogP contribution in [0, 0.1) is 5.92 Å². The fraction of sp³-hybridized carbons (Fsp3) is 0.538. The molecule has 0 heterocycles. The van der Waals surface area contributed by atoms with Crippen LogP contribution >= 0.6 is 11.6 Å². The second kappa shape index (κ2) is 4.15. The van der Waals surface area contributed by atoms with Crippen molar-refractivity contribution in [3.63, 3.8) is 0 Å². The molecule has 2 heteroatoms. The van der Waals surface area contributed by atoms with Crippen LogP contribution in [0.3, 0.4) is 0 Å². The molecule has 0 bridgehead atoms. The molecule has 0 spiro atoms. The van der Waals surface area contributed by atoms with E-state index < -0.39 is 5.60 Å². The van der Waals surface area contributed by atoms with Gasteiger partial charge < -0.3 is 5.11 Å². The summed E-state index contributed by atoms with van der Waals surface area (Å²) in [5.74, 6) is 0.661. The maximum absolute atomic E-state index is 10.5. The number of rotatable bonds is 2. The molecule has 2 unspecified atom stereocenters. The molecule has 1 N–H and O–H groups in total. The summed E-state index contributed by atoms with van der Waals surface area (Å²) < 4.78 is 0. The molecule has 1 aromatic carbocycles. The lowest BCUT2D eigenvalue weighted by Gasteiger charge is -2.23. The van der Waals surface area contributed by atoms with Crippen LogP contribution in [-0.2, 0) is 5.60 Å². The molecule has 1 aromatic rings. The smallest absolute Gasteiger partial charge is 0.0899 e. The highest BCUT2D eigenvalue weighted by Crippen LogP contribution is 2.43. The van der Waals surface area contributed by atoms with Gasteiger partial charge in [0, 0.05) is 5.02 Å². The molecule has 0 amide bonds. The Balaban J connectivity index is 2.23. The van der Waals surface area contributed by atoms with Crippen molar-refractivity contribution < 1.29 is 5.11 Å². The lowest BCUT2D eigenvalue weighted by atomic mass is 9.91. The van der Waals surface area contributed by atoms with Gasteiger partial charge in [0.15, 0.2) is 0 Å². The molecule has 0 aliphatic heterocycles. The quantitative estimate of drug-likeness (QED) is 0.812. The molecule has 1 aliphatic rings. The fourth-order valence-electron chi connectivity index (χ4n) is 2.51. The first-order valence-electron chi connectivity index (χ1n) is 5.62. The van der Waals surface area contributed by atoms with Crippen LogP contribution in [0.2, 0.25) is 5.02 Å². The Morgan fingerprint density at radius 1 is 1.53 bits per heavy atom. The second-order valence-electron chi connectivity index (χ2n) is 4.56. The topological polar surface area (TPSA) is 20.2 Å². The number of hydrogen-bond donors (Lipinski definition) is 1. The highest BCUT2D eigenvalue weighted by molar-refractivity contribution is 6.30. The Morgan fingerprint density at radius 2 is 2.33 bits per heavy atom. The van der Waals surface area contributed by atoms with Gasteiger partial charge in [-0.1, -0.05) is 37.1 Å². The van der Waals surface area contributed by atoms with Gasteiger partial charge in [0.1, 0.15) is 0 Å². The molecule has 2 rings (SSSR count). The maximum Gasteiger partial charge on any atom is 0.0899 e. The van der Waals surface area contributed by atoms with Crippen LogP contribution in [0.25, 0.3) is 0 Å². The molecule has 82 valence electrons. The molecule has 1 fully saturated rings. The van der Waals surface area contributed by atoms with Crippen molar-refractivity contribution in [1.29, 1.82) is 0 Å². The molecular formula is C13H17ClO. The summed E-state index contributed by atoms with van der Waals surface area (Å²) in [4.78, 5) is 0. The van der Waals surface area contributed by atoms with Crippen molar-refractivity contribution in [2.24, 2.45) is 5.92 Å². The minimum atomic E-state index is -0.633. The van der Waals surface area contributed by atoms with Gasteiger partial charge in [-0.15, -0.1) is 0 Å². The minimum absolute atomic E-state index is 0.633. The van der Waals surface area contributed by atoms with Crippen LogP contribution in [0.15, 0.2) is 24.3 Å². The van der Waals surface area contributed by atoms with Crippen molar-refractivity contribution in [2.75, 3.05) is 0 Å². The van der Waals surface area contributed by atoms with E-state index in [9.17, 15) is 5.11 Å². The average Bonchev–Trinajstić information content (AvgIpc) is 2.62. The molecule has 2 atom stereocenters. The maximum atomic E-state index is 10.5. The van der Waals surface area contributed by atoms with Crippen LogP contribution in [-0.4, -0.2) is 5.11 Å². The number of aliphatic hydroxyl groups is 1. The first-order valence-corrected chi connectivity index (χ1v) is 6.00. The van der Waals surface area contributed by atoms with Gasteiger partial charge in [-0.25, -0.2) is 0 Å². The summed E-state index contributed by atoms with van der Waals surface area (Å²) in [5, 5.41) is 11.2. The standard InChI is InChI=1S/C13H17ClO/c1-2-10-6-7-13(15,9-10)11-4-3-5-12(14)8-11/h3-5,8,10,15H,2,6-7,9H2,1H3. The Bertz CT molecular complexity index is 350. The zero-order valence-corrected chi connectivity index (χ0v) is 9.80. The van der Waals surface area contributed by atoms with Crippen molar-refractivity contribution in [3.8, 4) is 0 Å². The third-order valence-corrected chi connectivity index (χ3v) is 3.77. The van der Waals surface area contributed by atoms with Crippen LogP contribution in [0.4, 0.5) is 0 Å². The van der Waals surface area contributed by atoms with Gasteiger partial charge in [0.25, 0.3) is 0 Å². The third-order valence-electron chi connectivity index (χ3n) is 3.53. The van der Waals surface area contributed by atoms with E-state index in [1.807, 2.05) is 24.3 Å². The molecule has 0 radical (unpaired) electrons. The molecule has 1 nitrogen and oxygen atoms in total. The van der Waals surface area contributed by atoms with Gasteiger partial charge in [-0.05, 0) is 42.9 Å². The Morgan fingerprint density at radius 3 is 2.93 bits per heavy atom. The van der Waals surface area contributed by atoms with Gasteiger partial charge in [-0.2, -0.15) is 0 Å². The predicted octanol–water partition coefficient (Wildman–Crippen LogP) is 3.74. The number of hydrogen-bond acceptors (Lipinski definition) is 1. The third kappa shape index (κ3) is 2.19. The summed E-state index contributed by atoms with van der Waals surface area (Å²) >= 11 is 5.94. The minimum Gasteiger partial charge on any atom is -0.385 e. The Hall–Kier alpha value is -0.530. The average molecular weight is 225 g/mol. The summed E-state index contributed by atoms with van der Waals surface area (Å²) in [5.41, 5.74) is 0.344. The molecule has 0 aromatic heterocycles. The largest absolute Gasteiger partial charge is 0.385 e. The van der Waals surface area contributed by atoms with E-state index in [1.54, 1.807) is 0 Å². The molecular weight excluding hydrogens is 208 g/mol. The lowest BCUT2D eigenvalue weighted by molar-refractivity contribution is 0.0398. The monoisotopic (exact) mass is 224 g/mol. The normalized spacial score (nSPS) is 30.7. The predicted molar refractivity (Wildman–Crippen MR) is 63.0 cm³/mol. The Kier molecular flexibility index (Phi) is 3.03. The summed E-state index contributed by atoms with van der Waals surface area (Å²) in [6, 6.07) is 7.62. The van der Waals surface area contributed by atoms with Crippen LogP contribution in [0.5, 0.6) is 0 Å². The van der Waals surface area contributed by atoms with Gasteiger partial charge in [0.05, 0.1) is 5.60 Å². The SMILES string of the molecule is CCC1CCC(O)(c2cccc(Cl)c2)C1. The van der Waals surface area contributed by atoms with Crippen molar-refractivity contribution in [2.45, 2.75) is 38.2 Å². The molecule has 1 aliphatic carbocycles. The highest BCUT2D eigenvalue weighted by atomic mass is 35.5. The lowest BCUT2D eigenvalue weighted by Crippen LogP contribution is -2.21. The highest BCUT2D eigenvalue weighted by Gasteiger charge is 2.37. The van der Waals surface area contributed by atoms with E-state index in [-0.39, 0.29) is 0 Å². The number of benzene rings is 1. The summed E-state index contributed by atoms with van der Waals surface area (Å²) in [7, 11) is 0. The molecule has 15 heavy (non-hydrogen) atoms. The van der Waals surface area contributed by atoms with Crippen LogP contribution in [0.1, 0.15) is 38.2 Å². The second-order valence-corrected chi connectivity index (χ2v) is 5.00. The number of halogens is 1. The van der Waals surface area contributed by atoms with Crippen LogP contribution < -0.4 is 0 Å². The van der Waals surface area contributed by atoms with E-state index in [2.05, 4.69) is 6.92 Å². The summed E-state index contributed by atoms with van der Waals surface area (Å²) in [6.07, 6.45) is 4.03. The summed E-state index contributed by atoms with van der Waals surface area (Å²) in [6.45, 7) is 2.19.